The lowest BCUT2D eigenvalue weighted by molar-refractivity contribution is 0.599. The Morgan fingerprint density at radius 1 is 1.25 bits per heavy atom. The fraction of sp³-hybridized carbons (Fsp3) is 0.133. The van der Waals surface area contributed by atoms with Crippen molar-refractivity contribution < 1.29 is 4.39 Å². The summed E-state index contributed by atoms with van der Waals surface area (Å²) in [6.07, 6.45) is 0. The van der Waals surface area contributed by atoms with Crippen molar-refractivity contribution in [1.82, 2.24) is 9.97 Å². The topological polar surface area (TPSA) is 54.7 Å². The summed E-state index contributed by atoms with van der Waals surface area (Å²) in [4.78, 5) is 8.19. The number of H-pyrrole nitrogens is 1. The van der Waals surface area contributed by atoms with Crippen molar-refractivity contribution in [2.24, 2.45) is 5.73 Å². The molecule has 0 radical (unpaired) electrons. The lowest BCUT2D eigenvalue weighted by atomic mass is 10.2. The van der Waals surface area contributed by atoms with Gasteiger partial charge in [0.15, 0.2) is 5.16 Å². The number of hydrogen-bond acceptors (Lipinski definition) is 3. The molecule has 5 heteroatoms. The van der Waals surface area contributed by atoms with Crippen LogP contribution < -0.4 is 5.73 Å². The molecule has 0 saturated carbocycles. The molecule has 0 aliphatic carbocycles. The van der Waals surface area contributed by atoms with Crippen molar-refractivity contribution in [1.29, 1.82) is 0 Å². The first kappa shape index (κ1) is 13.1. The predicted octanol–water partition coefficient (Wildman–Crippen LogP) is 3.62. The number of aromatic amines is 1. The van der Waals surface area contributed by atoms with Crippen LogP contribution in [0.4, 0.5) is 4.39 Å². The van der Waals surface area contributed by atoms with E-state index in [2.05, 4.69) is 9.97 Å². The standard InChI is InChI=1S/C15H14FN3S/c1-9-2-4-12-13(6-9)19-15(18-12)20-14-5-3-10(8-17)7-11(14)16/h2-7H,8,17H2,1H3,(H,18,19). The first-order valence-electron chi connectivity index (χ1n) is 6.28. The lowest BCUT2D eigenvalue weighted by Crippen LogP contribution is -1.97. The van der Waals surface area contributed by atoms with Crippen LogP contribution in [-0.4, -0.2) is 9.97 Å². The second-order valence-electron chi connectivity index (χ2n) is 4.63. The molecule has 0 aliphatic heterocycles. The smallest absolute Gasteiger partial charge is 0.171 e. The van der Waals surface area contributed by atoms with Crippen LogP contribution in [0.15, 0.2) is 46.5 Å². The number of hydrogen-bond donors (Lipinski definition) is 2. The molecule has 3 aromatic rings. The number of imidazole rings is 1. The van der Waals surface area contributed by atoms with Crippen LogP contribution in [0.3, 0.4) is 0 Å². The van der Waals surface area contributed by atoms with Crippen LogP contribution in [-0.2, 0) is 6.54 Å². The number of fused-ring (bicyclic) bond motifs is 1. The van der Waals surface area contributed by atoms with Crippen molar-refractivity contribution >= 4 is 22.8 Å². The summed E-state index contributed by atoms with van der Waals surface area (Å²) in [6.45, 7) is 2.37. The van der Waals surface area contributed by atoms with Crippen molar-refractivity contribution in [2.45, 2.75) is 23.5 Å². The zero-order valence-electron chi connectivity index (χ0n) is 11.0. The number of aryl methyl sites for hydroxylation is 1. The van der Waals surface area contributed by atoms with Gasteiger partial charge in [0.2, 0.25) is 0 Å². The van der Waals surface area contributed by atoms with Gasteiger partial charge in [0.1, 0.15) is 5.82 Å². The molecule has 0 unspecified atom stereocenters. The summed E-state index contributed by atoms with van der Waals surface area (Å²) in [5.41, 5.74) is 9.29. The minimum absolute atomic E-state index is 0.269. The number of nitrogens with two attached hydrogens (primary N) is 1. The average molecular weight is 287 g/mol. The average Bonchev–Trinajstić information content (AvgIpc) is 2.82. The van der Waals surface area contributed by atoms with Crippen molar-refractivity contribution in [3.8, 4) is 0 Å². The lowest BCUT2D eigenvalue weighted by Gasteiger charge is -2.02. The molecule has 1 aromatic heterocycles. The molecule has 0 bridgehead atoms. The highest BCUT2D eigenvalue weighted by molar-refractivity contribution is 7.99. The molecule has 3 N–H and O–H groups in total. The van der Waals surface area contributed by atoms with Gasteiger partial charge >= 0.3 is 0 Å². The van der Waals surface area contributed by atoms with Gasteiger partial charge < -0.3 is 10.7 Å². The third kappa shape index (κ3) is 2.55. The van der Waals surface area contributed by atoms with Gasteiger partial charge in [0.05, 0.1) is 15.9 Å². The number of nitrogens with one attached hydrogen (secondary N) is 1. The van der Waals surface area contributed by atoms with Gasteiger partial charge in [-0.2, -0.15) is 0 Å². The molecule has 102 valence electrons. The van der Waals surface area contributed by atoms with Gasteiger partial charge in [0.25, 0.3) is 0 Å². The van der Waals surface area contributed by atoms with Crippen molar-refractivity contribution in [3.63, 3.8) is 0 Å². The summed E-state index contributed by atoms with van der Waals surface area (Å²) in [5.74, 6) is -0.269. The molecule has 0 atom stereocenters. The van der Waals surface area contributed by atoms with Crippen LogP contribution in [0.2, 0.25) is 0 Å². The highest BCUT2D eigenvalue weighted by Gasteiger charge is 2.09. The molecular formula is C15H14FN3S. The normalized spacial score (nSPS) is 11.2. The van der Waals surface area contributed by atoms with Crippen LogP contribution in [0.5, 0.6) is 0 Å². The summed E-state index contributed by atoms with van der Waals surface area (Å²) in [5, 5.41) is 0.685. The van der Waals surface area contributed by atoms with Crippen molar-refractivity contribution in [3.05, 3.63) is 53.3 Å². The van der Waals surface area contributed by atoms with Gasteiger partial charge in [-0.1, -0.05) is 12.1 Å². The Morgan fingerprint density at radius 3 is 2.85 bits per heavy atom. The zero-order chi connectivity index (χ0) is 14.1. The monoisotopic (exact) mass is 287 g/mol. The van der Waals surface area contributed by atoms with E-state index in [0.29, 0.717) is 16.6 Å². The molecule has 0 fully saturated rings. The number of aromatic nitrogens is 2. The number of benzene rings is 2. The SMILES string of the molecule is Cc1ccc2nc(Sc3ccc(CN)cc3F)[nH]c2c1. The third-order valence-electron chi connectivity index (χ3n) is 3.05. The van der Waals surface area contributed by atoms with Gasteiger partial charge in [-0.25, -0.2) is 9.37 Å². The van der Waals surface area contributed by atoms with E-state index >= 15 is 0 Å². The van der Waals surface area contributed by atoms with Crippen LogP contribution >= 0.6 is 11.8 Å². The largest absolute Gasteiger partial charge is 0.333 e. The molecule has 1 heterocycles. The van der Waals surface area contributed by atoms with E-state index in [1.807, 2.05) is 31.2 Å². The van der Waals surface area contributed by atoms with Gasteiger partial charge in [0, 0.05) is 6.54 Å². The van der Waals surface area contributed by atoms with Crippen LogP contribution in [0, 0.1) is 12.7 Å². The predicted molar refractivity (Wildman–Crippen MR) is 79.2 cm³/mol. The highest BCUT2D eigenvalue weighted by Crippen LogP contribution is 2.29. The number of rotatable bonds is 3. The van der Waals surface area contributed by atoms with E-state index < -0.39 is 0 Å². The van der Waals surface area contributed by atoms with E-state index in [0.717, 1.165) is 22.2 Å². The molecule has 0 aliphatic rings. The Morgan fingerprint density at radius 2 is 2.10 bits per heavy atom. The molecule has 20 heavy (non-hydrogen) atoms. The van der Waals surface area contributed by atoms with Crippen LogP contribution in [0.25, 0.3) is 11.0 Å². The summed E-state index contributed by atoms with van der Waals surface area (Å²) < 4.78 is 13.9. The number of halogens is 1. The number of nitrogens with zero attached hydrogens (tertiary/aromatic N) is 1. The second-order valence-corrected chi connectivity index (χ2v) is 5.66. The Balaban J connectivity index is 1.92. The van der Waals surface area contributed by atoms with E-state index in [-0.39, 0.29) is 5.82 Å². The van der Waals surface area contributed by atoms with E-state index in [9.17, 15) is 4.39 Å². The third-order valence-corrected chi connectivity index (χ3v) is 3.99. The maximum absolute atomic E-state index is 13.9. The first-order chi connectivity index (χ1) is 9.65. The zero-order valence-corrected chi connectivity index (χ0v) is 11.8. The van der Waals surface area contributed by atoms with Gasteiger partial charge in [-0.15, -0.1) is 0 Å². The maximum Gasteiger partial charge on any atom is 0.171 e. The first-order valence-corrected chi connectivity index (χ1v) is 7.10. The molecule has 0 amide bonds. The van der Waals surface area contributed by atoms with Gasteiger partial charge in [-0.05, 0) is 54.1 Å². The molecule has 0 saturated heterocycles. The highest BCUT2D eigenvalue weighted by atomic mass is 32.2. The molecular weight excluding hydrogens is 273 g/mol. The van der Waals surface area contributed by atoms with E-state index in [4.69, 9.17) is 5.73 Å². The Bertz CT molecular complexity index is 767. The van der Waals surface area contributed by atoms with E-state index in [1.54, 1.807) is 6.07 Å². The van der Waals surface area contributed by atoms with Gasteiger partial charge in [-0.3, -0.25) is 0 Å². The minimum atomic E-state index is -0.269. The van der Waals surface area contributed by atoms with Crippen molar-refractivity contribution in [2.75, 3.05) is 0 Å². The minimum Gasteiger partial charge on any atom is -0.333 e. The van der Waals surface area contributed by atoms with Crippen LogP contribution in [0.1, 0.15) is 11.1 Å². The summed E-state index contributed by atoms with van der Waals surface area (Å²) in [7, 11) is 0. The molecule has 3 rings (SSSR count). The maximum atomic E-state index is 13.9. The fourth-order valence-electron chi connectivity index (χ4n) is 2.01. The quantitative estimate of drug-likeness (QED) is 0.773. The molecule has 0 spiro atoms. The molecule has 3 nitrogen and oxygen atoms in total. The summed E-state index contributed by atoms with van der Waals surface area (Å²) in [6, 6.07) is 11.0. The Labute approximate surface area is 120 Å². The molecule has 2 aromatic carbocycles. The Kier molecular flexibility index (Phi) is 3.46. The van der Waals surface area contributed by atoms with E-state index in [1.165, 1.54) is 17.8 Å². The Hall–Kier alpha value is -1.85. The fourth-order valence-corrected chi connectivity index (χ4v) is 2.81. The summed E-state index contributed by atoms with van der Waals surface area (Å²) >= 11 is 1.28. The second kappa shape index (κ2) is 5.26.